The monoisotopic (exact) mass is 254 g/mol. The Morgan fingerprint density at radius 1 is 1.47 bits per heavy atom. The second-order valence-electron chi connectivity index (χ2n) is 6.06. The number of aliphatic hydroxyl groups is 1. The first kappa shape index (κ1) is 13.0. The molecule has 2 rings (SSSR count). The maximum atomic E-state index is 9.95. The molecule has 1 aromatic heterocycles. The summed E-state index contributed by atoms with van der Waals surface area (Å²) in [5.74, 6) is 0. The molecule has 2 N–H and O–H groups in total. The predicted molar refractivity (Wildman–Crippen MR) is 71.3 cm³/mol. The molecule has 1 saturated carbocycles. The van der Waals surface area contributed by atoms with Crippen LogP contribution in [0, 0.1) is 0 Å². The van der Waals surface area contributed by atoms with Crippen molar-refractivity contribution in [3.8, 4) is 0 Å². The van der Waals surface area contributed by atoms with E-state index in [-0.39, 0.29) is 5.41 Å². The summed E-state index contributed by atoms with van der Waals surface area (Å²) in [5, 5.41) is 14.5. The second kappa shape index (κ2) is 4.67. The van der Waals surface area contributed by atoms with E-state index in [1.165, 1.54) is 9.88 Å². The van der Waals surface area contributed by atoms with Crippen molar-refractivity contribution in [2.24, 2.45) is 0 Å². The van der Waals surface area contributed by atoms with E-state index in [1.54, 1.807) is 11.3 Å². The van der Waals surface area contributed by atoms with E-state index in [0.717, 1.165) is 25.8 Å². The van der Waals surface area contributed by atoms with Crippen LogP contribution in [0.1, 0.15) is 49.9 Å². The fraction of sp³-hybridized carbons (Fsp3) is 0.769. The molecule has 1 heterocycles. The second-order valence-corrected chi connectivity index (χ2v) is 7.18. The van der Waals surface area contributed by atoms with Gasteiger partial charge in [0.2, 0.25) is 0 Å². The average Bonchev–Trinajstić information content (AvgIpc) is 2.63. The quantitative estimate of drug-likeness (QED) is 0.867. The number of nitrogens with one attached hydrogen (secondary N) is 1. The summed E-state index contributed by atoms with van der Waals surface area (Å²) in [6.45, 7) is 8.06. The van der Waals surface area contributed by atoms with Gasteiger partial charge in [-0.3, -0.25) is 0 Å². The van der Waals surface area contributed by atoms with Crippen LogP contribution in [0.4, 0.5) is 0 Å². The highest BCUT2D eigenvalue weighted by molar-refractivity contribution is 7.11. The maximum absolute atomic E-state index is 9.95. The molecule has 0 radical (unpaired) electrons. The van der Waals surface area contributed by atoms with Crippen molar-refractivity contribution in [2.45, 2.75) is 57.6 Å². The van der Waals surface area contributed by atoms with Crippen LogP contribution in [0.25, 0.3) is 0 Å². The van der Waals surface area contributed by atoms with Gasteiger partial charge >= 0.3 is 0 Å². The van der Waals surface area contributed by atoms with E-state index < -0.39 is 5.60 Å². The first-order chi connectivity index (χ1) is 7.89. The third kappa shape index (κ3) is 3.27. The van der Waals surface area contributed by atoms with Crippen molar-refractivity contribution < 1.29 is 5.11 Å². The zero-order valence-corrected chi connectivity index (χ0v) is 11.7. The third-order valence-corrected chi connectivity index (χ3v) is 4.66. The van der Waals surface area contributed by atoms with Gasteiger partial charge in [-0.1, -0.05) is 20.8 Å². The molecule has 1 aromatic rings. The summed E-state index contributed by atoms with van der Waals surface area (Å²) in [7, 11) is 0. The van der Waals surface area contributed by atoms with Gasteiger partial charge in [0, 0.05) is 29.6 Å². The number of hydrogen-bond donors (Lipinski definition) is 2. The number of thiazole rings is 1. The molecule has 0 saturated heterocycles. The minimum Gasteiger partial charge on any atom is -0.389 e. The van der Waals surface area contributed by atoms with Crippen molar-refractivity contribution in [1.82, 2.24) is 10.3 Å². The Hall–Kier alpha value is -0.450. The van der Waals surface area contributed by atoms with Crippen LogP contribution in [0.15, 0.2) is 6.20 Å². The predicted octanol–water partition coefficient (Wildman–Crippen LogP) is 2.45. The molecule has 0 aromatic carbocycles. The lowest BCUT2D eigenvalue weighted by Crippen LogP contribution is -2.45. The Kier molecular flexibility index (Phi) is 3.57. The lowest BCUT2D eigenvalue weighted by molar-refractivity contribution is -0.0314. The SMILES string of the molecule is CC(C)(C)c1ncc(CNCC2(O)CCC2)s1. The average molecular weight is 254 g/mol. The molecule has 0 atom stereocenters. The van der Waals surface area contributed by atoms with Gasteiger partial charge in [0.25, 0.3) is 0 Å². The zero-order chi connectivity index (χ0) is 12.5. The lowest BCUT2D eigenvalue weighted by atomic mass is 9.80. The normalized spacial score (nSPS) is 19.1. The number of nitrogens with zero attached hydrogens (tertiary/aromatic N) is 1. The van der Waals surface area contributed by atoms with Crippen LogP contribution in [0.5, 0.6) is 0 Å². The smallest absolute Gasteiger partial charge is 0.0981 e. The third-order valence-electron chi connectivity index (χ3n) is 3.23. The van der Waals surface area contributed by atoms with Crippen molar-refractivity contribution in [3.63, 3.8) is 0 Å². The lowest BCUT2D eigenvalue weighted by Gasteiger charge is -2.36. The van der Waals surface area contributed by atoms with Gasteiger partial charge in [-0.25, -0.2) is 4.98 Å². The molecular weight excluding hydrogens is 232 g/mol. The number of rotatable bonds is 4. The van der Waals surface area contributed by atoms with E-state index in [9.17, 15) is 5.11 Å². The zero-order valence-electron chi connectivity index (χ0n) is 10.9. The number of hydrogen-bond acceptors (Lipinski definition) is 4. The summed E-state index contributed by atoms with van der Waals surface area (Å²) in [6.07, 6.45) is 4.99. The highest BCUT2D eigenvalue weighted by Gasteiger charge is 2.33. The van der Waals surface area contributed by atoms with Crippen molar-refractivity contribution in [3.05, 3.63) is 16.1 Å². The first-order valence-corrected chi connectivity index (χ1v) is 7.09. The topological polar surface area (TPSA) is 45.2 Å². The van der Waals surface area contributed by atoms with Crippen LogP contribution in [0.2, 0.25) is 0 Å². The molecule has 0 unspecified atom stereocenters. The Bertz CT molecular complexity index is 377. The molecule has 1 aliphatic carbocycles. The fourth-order valence-corrected chi connectivity index (χ4v) is 2.86. The Morgan fingerprint density at radius 3 is 2.65 bits per heavy atom. The van der Waals surface area contributed by atoms with E-state index >= 15 is 0 Å². The van der Waals surface area contributed by atoms with E-state index in [2.05, 4.69) is 31.1 Å². The summed E-state index contributed by atoms with van der Waals surface area (Å²) in [6, 6.07) is 0. The van der Waals surface area contributed by atoms with Gasteiger partial charge in [0.15, 0.2) is 0 Å². The molecule has 0 amide bonds. The van der Waals surface area contributed by atoms with Crippen molar-refractivity contribution in [2.75, 3.05) is 6.54 Å². The molecular formula is C13H22N2OS. The number of aromatic nitrogens is 1. The molecule has 0 bridgehead atoms. The summed E-state index contributed by atoms with van der Waals surface area (Å²) >= 11 is 1.76. The minimum absolute atomic E-state index is 0.134. The van der Waals surface area contributed by atoms with Gasteiger partial charge in [0.1, 0.15) is 0 Å². The van der Waals surface area contributed by atoms with Gasteiger partial charge in [-0.05, 0) is 19.3 Å². The van der Waals surface area contributed by atoms with Crippen LogP contribution in [-0.2, 0) is 12.0 Å². The largest absolute Gasteiger partial charge is 0.389 e. The van der Waals surface area contributed by atoms with Crippen LogP contribution >= 0.6 is 11.3 Å². The van der Waals surface area contributed by atoms with E-state index in [4.69, 9.17) is 0 Å². The molecule has 0 spiro atoms. The van der Waals surface area contributed by atoms with Gasteiger partial charge in [-0.2, -0.15) is 0 Å². The van der Waals surface area contributed by atoms with Crippen LogP contribution in [0.3, 0.4) is 0 Å². The van der Waals surface area contributed by atoms with E-state index in [0.29, 0.717) is 6.54 Å². The highest BCUT2D eigenvalue weighted by atomic mass is 32.1. The summed E-state index contributed by atoms with van der Waals surface area (Å²) in [4.78, 5) is 5.70. The van der Waals surface area contributed by atoms with Gasteiger partial charge in [0.05, 0.1) is 10.6 Å². The molecule has 17 heavy (non-hydrogen) atoms. The van der Waals surface area contributed by atoms with Crippen LogP contribution < -0.4 is 5.32 Å². The fourth-order valence-electron chi connectivity index (χ4n) is 1.92. The Morgan fingerprint density at radius 2 is 2.18 bits per heavy atom. The Balaban J connectivity index is 1.81. The maximum Gasteiger partial charge on any atom is 0.0981 e. The summed E-state index contributed by atoms with van der Waals surface area (Å²) < 4.78 is 0. The molecule has 1 aliphatic rings. The molecule has 0 aliphatic heterocycles. The molecule has 1 fully saturated rings. The minimum atomic E-state index is -0.433. The summed E-state index contributed by atoms with van der Waals surface area (Å²) in [5.41, 5.74) is -0.299. The molecule has 96 valence electrons. The van der Waals surface area contributed by atoms with Crippen molar-refractivity contribution in [1.29, 1.82) is 0 Å². The van der Waals surface area contributed by atoms with Gasteiger partial charge < -0.3 is 10.4 Å². The van der Waals surface area contributed by atoms with Crippen molar-refractivity contribution >= 4 is 11.3 Å². The highest BCUT2D eigenvalue weighted by Crippen LogP contribution is 2.31. The molecule has 3 nitrogen and oxygen atoms in total. The van der Waals surface area contributed by atoms with E-state index in [1.807, 2.05) is 6.20 Å². The standard InChI is InChI=1S/C13H22N2OS/c1-12(2,3)11-15-8-10(17-11)7-14-9-13(16)5-4-6-13/h8,14,16H,4-7,9H2,1-3H3. The van der Waals surface area contributed by atoms with Crippen LogP contribution in [-0.4, -0.2) is 22.2 Å². The van der Waals surface area contributed by atoms with Gasteiger partial charge in [-0.15, -0.1) is 11.3 Å². The Labute approximate surface area is 107 Å². The first-order valence-electron chi connectivity index (χ1n) is 6.27. The molecule has 4 heteroatoms.